The maximum Gasteiger partial charge on any atom is 0.105 e. The number of hydrogen-bond donors (Lipinski definition) is 1. The Bertz CT molecular complexity index is 441. The summed E-state index contributed by atoms with van der Waals surface area (Å²) in [5.41, 5.74) is 7.52. The smallest absolute Gasteiger partial charge is 0.105 e. The van der Waals surface area contributed by atoms with Gasteiger partial charge >= 0.3 is 0 Å². The van der Waals surface area contributed by atoms with Crippen LogP contribution in [0.2, 0.25) is 5.02 Å². The molecule has 4 heteroatoms. The molecule has 1 aromatic carbocycles. The van der Waals surface area contributed by atoms with Gasteiger partial charge in [0, 0.05) is 24.3 Å². The second-order valence-electron chi connectivity index (χ2n) is 4.93. The zero-order chi connectivity index (χ0) is 13.1. The Morgan fingerprint density at radius 1 is 1.33 bits per heavy atom. The van der Waals surface area contributed by atoms with E-state index >= 15 is 0 Å². The van der Waals surface area contributed by atoms with Gasteiger partial charge in [-0.15, -0.1) is 0 Å². The molecule has 0 amide bonds. The fraction of sp³-hybridized carbons (Fsp3) is 0.500. The molecule has 98 valence electrons. The zero-order valence-electron chi connectivity index (χ0n) is 10.7. The van der Waals surface area contributed by atoms with Crippen molar-refractivity contribution in [1.82, 2.24) is 0 Å². The molecule has 0 spiro atoms. The Labute approximate surface area is 119 Å². The highest BCUT2D eigenvalue weighted by molar-refractivity contribution is 7.80. The zero-order valence-corrected chi connectivity index (χ0v) is 12.2. The number of anilines is 1. The highest BCUT2D eigenvalue weighted by atomic mass is 35.5. The van der Waals surface area contributed by atoms with Crippen molar-refractivity contribution in [2.24, 2.45) is 5.73 Å². The molecule has 1 aliphatic carbocycles. The molecule has 2 nitrogen and oxygen atoms in total. The predicted octanol–water partition coefficient (Wildman–Crippen LogP) is 3.74. The van der Waals surface area contributed by atoms with Crippen LogP contribution in [0.4, 0.5) is 5.69 Å². The van der Waals surface area contributed by atoms with E-state index in [9.17, 15) is 0 Å². The van der Waals surface area contributed by atoms with Crippen LogP contribution in [0.5, 0.6) is 0 Å². The third kappa shape index (κ3) is 2.96. The molecule has 0 atom stereocenters. The van der Waals surface area contributed by atoms with Crippen LogP contribution in [0.15, 0.2) is 18.2 Å². The average Bonchev–Trinajstić information content (AvgIpc) is 2.38. The first-order valence-electron chi connectivity index (χ1n) is 6.42. The minimum absolute atomic E-state index is 0.354. The summed E-state index contributed by atoms with van der Waals surface area (Å²) in [6.07, 6.45) is 6.56. The van der Waals surface area contributed by atoms with Gasteiger partial charge in [-0.3, -0.25) is 0 Å². The molecule has 0 aromatic heterocycles. The van der Waals surface area contributed by atoms with Crippen LogP contribution in [0.1, 0.15) is 37.7 Å². The third-order valence-electron chi connectivity index (χ3n) is 3.75. The number of nitrogens with two attached hydrogens (primary N) is 1. The summed E-state index contributed by atoms with van der Waals surface area (Å²) >= 11 is 11.2. The fourth-order valence-electron chi connectivity index (χ4n) is 2.60. The van der Waals surface area contributed by atoms with Crippen LogP contribution in [0, 0.1) is 0 Å². The van der Waals surface area contributed by atoms with Crippen LogP contribution in [0.25, 0.3) is 0 Å². The molecule has 2 rings (SSSR count). The van der Waals surface area contributed by atoms with Crippen molar-refractivity contribution >= 4 is 34.5 Å². The molecular formula is C14H19ClN2S. The maximum absolute atomic E-state index is 6.21. The first-order chi connectivity index (χ1) is 8.59. The quantitative estimate of drug-likeness (QED) is 0.857. The van der Waals surface area contributed by atoms with Gasteiger partial charge in [0.05, 0.1) is 5.02 Å². The first-order valence-corrected chi connectivity index (χ1v) is 7.20. The summed E-state index contributed by atoms with van der Waals surface area (Å²) in [7, 11) is 2.14. The predicted molar refractivity (Wildman–Crippen MR) is 82.6 cm³/mol. The van der Waals surface area contributed by atoms with Gasteiger partial charge in [-0.2, -0.15) is 0 Å². The number of thiocarbonyl (C=S) groups is 1. The Morgan fingerprint density at radius 3 is 2.56 bits per heavy atom. The Balaban J connectivity index is 2.17. The topological polar surface area (TPSA) is 29.3 Å². The van der Waals surface area contributed by atoms with Crippen LogP contribution in [-0.4, -0.2) is 18.1 Å². The lowest BCUT2D eigenvalue weighted by Gasteiger charge is -2.33. The van der Waals surface area contributed by atoms with Gasteiger partial charge in [0.25, 0.3) is 0 Å². The van der Waals surface area contributed by atoms with E-state index in [1.165, 1.54) is 32.1 Å². The first kappa shape index (κ1) is 13.6. The molecular weight excluding hydrogens is 264 g/mol. The summed E-state index contributed by atoms with van der Waals surface area (Å²) in [6, 6.07) is 6.56. The van der Waals surface area contributed by atoms with E-state index in [4.69, 9.17) is 29.6 Å². The monoisotopic (exact) mass is 282 g/mol. The minimum Gasteiger partial charge on any atom is -0.389 e. The molecule has 1 aliphatic rings. The summed E-state index contributed by atoms with van der Waals surface area (Å²) < 4.78 is 0. The molecule has 0 unspecified atom stereocenters. The summed E-state index contributed by atoms with van der Waals surface area (Å²) in [4.78, 5) is 2.68. The number of halogens is 1. The summed E-state index contributed by atoms with van der Waals surface area (Å²) in [5.74, 6) is 0. The number of nitrogens with zero attached hydrogens (tertiary/aromatic N) is 1. The van der Waals surface area contributed by atoms with Crippen molar-refractivity contribution in [3.63, 3.8) is 0 Å². The number of benzene rings is 1. The van der Waals surface area contributed by atoms with Gasteiger partial charge in [0.15, 0.2) is 0 Å². The minimum atomic E-state index is 0.354. The Morgan fingerprint density at radius 2 is 2.00 bits per heavy atom. The van der Waals surface area contributed by atoms with Crippen molar-refractivity contribution in [1.29, 1.82) is 0 Å². The summed E-state index contributed by atoms with van der Waals surface area (Å²) in [6.45, 7) is 0. The summed E-state index contributed by atoms with van der Waals surface area (Å²) in [5, 5.41) is 0.641. The van der Waals surface area contributed by atoms with Crippen LogP contribution in [0.3, 0.4) is 0 Å². The third-order valence-corrected chi connectivity index (χ3v) is 4.28. The number of hydrogen-bond acceptors (Lipinski definition) is 2. The van der Waals surface area contributed by atoms with Crippen LogP contribution < -0.4 is 10.6 Å². The lowest BCUT2D eigenvalue weighted by atomic mass is 9.94. The van der Waals surface area contributed by atoms with Crippen molar-refractivity contribution in [3.05, 3.63) is 28.8 Å². The molecule has 0 radical (unpaired) electrons. The standard InChI is InChI=1S/C14H19ClN2S/c1-17(10-5-3-2-4-6-10)11-7-8-12(14(16)18)13(15)9-11/h7-10H,2-6H2,1H3,(H2,16,18). The lowest BCUT2D eigenvalue weighted by molar-refractivity contribution is 0.427. The fourth-order valence-corrected chi connectivity index (χ4v) is 3.11. The van der Waals surface area contributed by atoms with Gasteiger partial charge in [-0.25, -0.2) is 0 Å². The van der Waals surface area contributed by atoms with Crippen LogP contribution in [-0.2, 0) is 0 Å². The van der Waals surface area contributed by atoms with E-state index in [0.29, 0.717) is 16.1 Å². The molecule has 0 bridgehead atoms. The Kier molecular flexibility index (Phi) is 4.46. The van der Waals surface area contributed by atoms with E-state index in [2.05, 4.69) is 18.0 Å². The molecule has 0 aliphatic heterocycles. The van der Waals surface area contributed by atoms with Crippen molar-refractivity contribution < 1.29 is 0 Å². The van der Waals surface area contributed by atoms with Crippen molar-refractivity contribution in [3.8, 4) is 0 Å². The highest BCUT2D eigenvalue weighted by Crippen LogP contribution is 2.29. The van der Waals surface area contributed by atoms with E-state index in [1.807, 2.05) is 12.1 Å². The van der Waals surface area contributed by atoms with E-state index in [-0.39, 0.29) is 0 Å². The maximum atomic E-state index is 6.21. The van der Waals surface area contributed by atoms with Crippen molar-refractivity contribution in [2.45, 2.75) is 38.1 Å². The molecule has 1 fully saturated rings. The van der Waals surface area contributed by atoms with E-state index in [0.717, 1.165) is 11.3 Å². The number of rotatable bonds is 3. The molecule has 1 saturated carbocycles. The Hall–Kier alpha value is -0.800. The van der Waals surface area contributed by atoms with Crippen molar-refractivity contribution in [2.75, 3.05) is 11.9 Å². The van der Waals surface area contributed by atoms with Crippen LogP contribution >= 0.6 is 23.8 Å². The average molecular weight is 283 g/mol. The highest BCUT2D eigenvalue weighted by Gasteiger charge is 2.19. The lowest BCUT2D eigenvalue weighted by Crippen LogP contribution is -2.33. The van der Waals surface area contributed by atoms with E-state index in [1.54, 1.807) is 0 Å². The largest absolute Gasteiger partial charge is 0.389 e. The molecule has 2 N–H and O–H groups in total. The SMILES string of the molecule is CN(c1ccc(C(N)=S)c(Cl)c1)C1CCCCC1. The molecule has 1 aromatic rings. The second kappa shape index (κ2) is 5.89. The van der Waals surface area contributed by atoms with E-state index < -0.39 is 0 Å². The molecule has 18 heavy (non-hydrogen) atoms. The normalized spacial score (nSPS) is 16.6. The van der Waals surface area contributed by atoms with Gasteiger partial charge in [-0.05, 0) is 31.0 Å². The van der Waals surface area contributed by atoms with Gasteiger partial charge in [0.1, 0.15) is 4.99 Å². The van der Waals surface area contributed by atoms with Gasteiger partial charge < -0.3 is 10.6 Å². The second-order valence-corrected chi connectivity index (χ2v) is 5.78. The molecule has 0 saturated heterocycles. The van der Waals surface area contributed by atoms with Gasteiger partial charge in [0.2, 0.25) is 0 Å². The molecule has 0 heterocycles. The van der Waals surface area contributed by atoms with Gasteiger partial charge in [-0.1, -0.05) is 43.1 Å².